The topological polar surface area (TPSA) is 72.2 Å². The molecule has 3 aromatic carbocycles. The molecule has 4 heteroatoms. The van der Waals surface area contributed by atoms with Gasteiger partial charge >= 0.3 is 0 Å². The number of nitrogens with two attached hydrogens (primary N) is 1. The van der Waals surface area contributed by atoms with Crippen LogP contribution in [-0.4, -0.2) is 11.8 Å². The first kappa shape index (κ1) is 15.7. The third-order valence-electron chi connectivity index (χ3n) is 4.07. The van der Waals surface area contributed by atoms with Crippen molar-refractivity contribution >= 4 is 22.6 Å². The van der Waals surface area contributed by atoms with Gasteiger partial charge in [-0.3, -0.25) is 9.59 Å². The summed E-state index contributed by atoms with van der Waals surface area (Å²) in [6.45, 7) is 1.96. The van der Waals surface area contributed by atoms with Crippen molar-refractivity contribution in [1.29, 1.82) is 0 Å². The normalized spacial score (nSPS) is 11.9. The lowest BCUT2D eigenvalue weighted by Crippen LogP contribution is -2.26. The van der Waals surface area contributed by atoms with E-state index in [1.807, 2.05) is 31.2 Å². The molecule has 2 amide bonds. The summed E-state index contributed by atoms with van der Waals surface area (Å²) >= 11 is 0. The molecule has 0 bridgehead atoms. The van der Waals surface area contributed by atoms with E-state index in [1.165, 1.54) is 0 Å². The lowest BCUT2D eigenvalue weighted by molar-refractivity contribution is 0.0938. The molecule has 24 heavy (non-hydrogen) atoms. The van der Waals surface area contributed by atoms with E-state index in [9.17, 15) is 9.59 Å². The summed E-state index contributed by atoms with van der Waals surface area (Å²) in [4.78, 5) is 23.5. The third kappa shape index (κ3) is 3.13. The Morgan fingerprint density at radius 2 is 1.50 bits per heavy atom. The van der Waals surface area contributed by atoms with E-state index in [1.54, 1.807) is 24.3 Å². The van der Waals surface area contributed by atoms with Gasteiger partial charge in [-0.15, -0.1) is 0 Å². The number of carbonyl (C=O) groups excluding carboxylic acids is 2. The molecule has 3 rings (SSSR count). The van der Waals surface area contributed by atoms with Gasteiger partial charge in [0, 0.05) is 11.1 Å². The van der Waals surface area contributed by atoms with Crippen LogP contribution >= 0.6 is 0 Å². The number of nitrogens with one attached hydrogen (secondary N) is 1. The molecule has 3 N–H and O–H groups in total. The van der Waals surface area contributed by atoms with Crippen molar-refractivity contribution in [2.24, 2.45) is 5.73 Å². The van der Waals surface area contributed by atoms with Crippen LogP contribution in [0.2, 0.25) is 0 Å². The smallest absolute Gasteiger partial charge is 0.251 e. The van der Waals surface area contributed by atoms with Crippen molar-refractivity contribution < 1.29 is 9.59 Å². The number of hydrogen-bond donors (Lipinski definition) is 2. The van der Waals surface area contributed by atoms with Gasteiger partial charge in [0.05, 0.1) is 6.04 Å². The maximum Gasteiger partial charge on any atom is 0.251 e. The lowest BCUT2D eigenvalue weighted by atomic mass is 9.99. The number of amides is 2. The van der Waals surface area contributed by atoms with Gasteiger partial charge in [-0.25, -0.2) is 0 Å². The van der Waals surface area contributed by atoms with Crippen LogP contribution in [0.4, 0.5) is 0 Å². The molecule has 0 spiro atoms. The SMILES string of the molecule is CC(NC(=O)c1ccc(C(N)=O)cc1)c1cccc2ccccc12. The Labute approximate surface area is 140 Å². The minimum Gasteiger partial charge on any atom is -0.366 e. The summed E-state index contributed by atoms with van der Waals surface area (Å²) in [5.74, 6) is -0.697. The monoisotopic (exact) mass is 318 g/mol. The summed E-state index contributed by atoms with van der Waals surface area (Å²) in [6.07, 6.45) is 0. The molecule has 1 unspecified atom stereocenters. The Hall–Kier alpha value is -3.14. The fraction of sp³-hybridized carbons (Fsp3) is 0.100. The molecule has 0 aliphatic rings. The molecule has 0 saturated carbocycles. The fourth-order valence-electron chi connectivity index (χ4n) is 2.77. The lowest BCUT2D eigenvalue weighted by Gasteiger charge is -2.17. The van der Waals surface area contributed by atoms with Gasteiger partial charge in [0.25, 0.3) is 5.91 Å². The van der Waals surface area contributed by atoms with Crippen LogP contribution in [0.25, 0.3) is 10.8 Å². The van der Waals surface area contributed by atoms with E-state index in [2.05, 4.69) is 23.5 Å². The van der Waals surface area contributed by atoms with E-state index in [4.69, 9.17) is 5.73 Å². The highest BCUT2D eigenvalue weighted by molar-refractivity contribution is 5.97. The number of benzene rings is 3. The minimum absolute atomic E-state index is 0.139. The van der Waals surface area contributed by atoms with Crippen LogP contribution in [0.15, 0.2) is 66.7 Å². The third-order valence-corrected chi connectivity index (χ3v) is 4.07. The Morgan fingerprint density at radius 1 is 0.875 bits per heavy atom. The second kappa shape index (κ2) is 6.54. The van der Waals surface area contributed by atoms with Gasteiger partial charge in [-0.2, -0.15) is 0 Å². The Kier molecular flexibility index (Phi) is 4.29. The highest BCUT2D eigenvalue weighted by Gasteiger charge is 2.14. The molecule has 120 valence electrons. The van der Waals surface area contributed by atoms with Crippen LogP contribution in [0.5, 0.6) is 0 Å². The van der Waals surface area contributed by atoms with E-state index in [0.717, 1.165) is 16.3 Å². The second-order valence-corrected chi connectivity index (χ2v) is 5.71. The summed E-state index contributed by atoms with van der Waals surface area (Å²) in [7, 11) is 0. The van der Waals surface area contributed by atoms with E-state index < -0.39 is 5.91 Å². The summed E-state index contributed by atoms with van der Waals surface area (Å²) in [5, 5.41) is 5.26. The van der Waals surface area contributed by atoms with Gasteiger partial charge in [-0.05, 0) is 47.5 Å². The minimum atomic E-state index is -0.508. The molecular formula is C20H18N2O2. The van der Waals surface area contributed by atoms with Crippen LogP contribution in [0, 0.1) is 0 Å². The molecule has 0 heterocycles. The van der Waals surface area contributed by atoms with Crippen molar-refractivity contribution in [1.82, 2.24) is 5.32 Å². The van der Waals surface area contributed by atoms with Crippen molar-refractivity contribution in [3.63, 3.8) is 0 Å². The molecule has 4 nitrogen and oxygen atoms in total. The predicted molar refractivity (Wildman–Crippen MR) is 94.8 cm³/mol. The number of hydrogen-bond acceptors (Lipinski definition) is 2. The zero-order valence-corrected chi connectivity index (χ0v) is 13.3. The first-order valence-electron chi connectivity index (χ1n) is 7.74. The first-order chi connectivity index (χ1) is 11.6. The molecule has 0 saturated heterocycles. The fourth-order valence-corrected chi connectivity index (χ4v) is 2.77. The van der Waals surface area contributed by atoms with Gasteiger partial charge < -0.3 is 11.1 Å². The van der Waals surface area contributed by atoms with Gasteiger partial charge in [-0.1, -0.05) is 42.5 Å². The Bertz CT molecular complexity index is 896. The largest absolute Gasteiger partial charge is 0.366 e. The number of fused-ring (bicyclic) bond motifs is 1. The number of rotatable bonds is 4. The summed E-state index contributed by atoms with van der Waals surface area (Å²) < 4.78 is 0. The Morgan fingerprint density at radius 3 is 2.21 bits per heavy atom. The molecule has 0 aliphatic carbocycles. The highest BCUT2D eigenvalue weighted by atomic mass is 16.2. The van der Waals surface area contributed by atoms with Gasteiger partial charge in [0.15, 0.2) is 0 Å². The van der Waals surface area contributed by atoms with Crippen molar-refractivity contribution in [3.8, 4) is 0 Å². The maximum atomic E-state index is 12.4. The molecule has 3 aromatic rings. The zero-order chi connectivity index (χ0) is 17.1. The van der Waals surface area contributed by atoms with Crippen LogP contribution in [0.1, 0.15) is 39.2 Å². The summed E-state index contributed by atoms with van der Waals surface area (Å²) in [5.41, 5.74) is 7.15. The van der Waals surface area contributed by atoms with Crippen LogP contribution in [0.3, 0.4) is 0 Å². The average molecular weight is 318 g/mol. The number of primary amides is 1. The molecule has 0 radical (unpaired) electrons. The van der Waals surface area contributed by atoms with Crippen LogP contribution < -0.4 is 11.1 Å². The van der Waals surface area contributed by atoms with Crippen molar-refractivity contribution in [2.75, 3.05) is 0 Å². The maximum absolute atomic E-state index is 12.4. The molecule has 0 aliphatic heterocycles. The van der Waals surface area contributed by atoms with E-state index in [0.29, 0.717) is 11.1 Å². The molecule has 0 fully saturated rings. The Balaban J connectivity index is 1.82. The van der Waals surface area contributed by atoms with E-state index in [-0.39, 0.29) is 11.9 Å². The van der Waals surface area contributed by atoms with Crippen molar-refractivity contribution in [3.05, 3.63) is 83.4 Å². The quantitative estimate of drug-likeness (QED) is 0.773. The van der Waals surface area contributed by atoms with E-state index >= 15 is 0 Å². The summed E-state index contributed by atoms with van der Waals surface area (Å²) in [6, 6.07) is 20.3. The van der Waals surface area contributed by atoms with Gasteiger partial charge in [0.1, 0.15) is 0 Å². The van der Waals surface area contributed by atoms with Gasteiger partial charge in [0.2, 0.25) is 5.91 Å². The van der Waals surface area contributed by atoms with Crippen molar-refractivity contribution in [2.45, 2.75) is 13.0 Å². The molecule has 1 atom stereocenters. The number of carbonyl (C=O) groups is 2. The predicted octanol–water partition coefficient (Wildman–Crippen LogP) is 3.43. The molecule has 0 aromatic heterocycles. The van der Waals surface area contributed by atoms with Crippen LogP contribution in [-0.2, 0) is 0 Å². The second-order valence-electron chi connectivity index (χ2n) is 5.71. The first-order valence-corrected chi connectivity index (χ1v) is 7.74. The average Bonchev–Trinajstić information content (AvgIpc) is 2.61. The molecular weight excluding hydrogens is 300 g/mol. The standard InChI is InChI=1S/C20H18N2O2/c1-13(17-8-4-6-14-5-2-3-7-18(14)17)22-20(24)16-11-9-15(10-12-16)19(21)23/h2-13H,1H3,(H2,21,23)(H,22,24). The highest BCUT2D eigenvalue weighted by Crippen LogP contribution is 2.24. The zero-order valence-electron chi connectivity index (χ0n) is 13.3.